The number of ether oxygens (including phenoxy) is 1. The summed E-state index contributed by atoms with van der Waals surface area (Å²) in [6.07, 6.45) is 1.96. The Hall–Kier alpha value is -1.51. The number of esters is 1. The Morgan fingerprint density at radius 3 is 2.35 bits per heavy atom. The molecule has 126 valence electrons. The minimum atomic E-state index is -3.65. The zero-order chi connectivity index (χ0) is 16.4. The highest BCUT2D eigenvalue weighted by Crippen LogP contribution is 2.21. The van der Waals surface area contributed by atoms with Crippen LogP contribution >= 0.6 is 0 Å². The number of nitrogens with zero attached hydrogens (tertiary/aromatic N) is 1. The lowest BCUT2D eigenvalue weighted by molar-refractivity contribution is -0.142. The van der Waals surface area contributed by atoms with Crippen LogP contribution in [0.25, 0.3) is 0 Å². The molecule has 0 spiro atoms. The first kappa shape index (κ1) is 16.4. The number of cyclic esters (lactones) is 1. The second-order valence-corrected chi connectivity index (χ2v) is 7.57. The fourth-order valence-corrected chi connectivity index (χ4v) is 4.35. The maximum absolute atomic E-state index is 12.9. The van der Waals surface area contributed by atoms with Crippen molar-refractivity contribution >= 4 is 16.0 Å². The van der Waals surface area contributed by atoms with Gasteiger partial charge in [0.2, 0.25) is 10.0 Å². The normalized spacial score (nSPS) is 23.9. The van der Waals surface area contributed by atoms with Gasteiger partial charge in [0.25, 0.3) is 0 Å². The predicted molar refractivity (Wildman–Crippen MR) is 80.7 cm³/mol. The number of piperidine rings is 1. The number of nitrogens with one attached hydrogen (secondary N) is 1. The van der Waals surface area contributed by atoms with Crippen molar-refractivity contribution in [1.82, 2.24) is 9.62 Å². The molecule has 2 saturated heterocycles. The molecule has 1 aromatic carbocycles. The highest BCUT2D eigenvalue weighted by molar-refractivity contribution is 7.89. The summed E-state index contributed by atoms with van der Waals surface area (Å²) in [6, 6.07) is 4.39. The summed E-state index contributed by atoms with van der Waals surface area (Å²) < 4.78 is 45.1. The van der Waals surface area contributed by atoms with Crippen molar-refractivity contribution in [3.8, 4) is 0 Å². The molecule has 2 aliphatic rings. The molecule has 6 nitrogen and oxygen atoms in total. The summed E-state index contributed by atoms with van der Waals surface area (Å²) in [5, 5.41) is 0. The van der Waals surface area contributed by atoms with Crippen molar-refractivity contribution in [2.24, 2.45) is 0 Å². The third-order valence-corrected chi connectivity index (χ3v) is 5.86. The first-order valence-corrected chi connectivity index (χ1v) is 9.12. The molecular weight excluding hydrogens is 323 g/mol. The van der Waals surface area contributed by atoms with E-state index in [1.165, 1.54) is 12.1 Å². The van der Waals surface area contributed by atoms with E-state index >= 15 is 0 Å². The largest absolute Gasteiger partial charge is 0.464 e. The predicted octanol–water partition coefficient (Wildman–Crippen LogP) is 0.884. The molecule has 2 heterocycles. The molecule has 3 rings (SSSR count). The highest BCUT2D eigenvalue weighted by Gasteiger charge is 2.35. The first-order valence-electron chi connectivity index (χ1n) is 7.64. The lowest BCUT2D eigenvalue weighted by Crippen LogP contribution is -2.49. The van der Waals surface area contributed by atoms with E-state index in [0.717, 1.165) is 12.1 Å². The van der Waals surface area contributed by atoms with Gasteiger partial charge in [-0.15, -0.1) is 0 Å². The highest BCUT2D eigenvalue weighted by atomic mass is 32.2. The van der Waals surface area contributed by atoms with Crippen LogP contribution in [0.4, 0.5) is 4.39 Å². The van der Waals surface area contributed by atoms with Gasteiger partial charge in [-0.25, -0.2) is 17.5 Å². The lowest BCUT2D eigenvalue weighted by Gasteiger charge is -2.34. The minimum Gasteiger partial charge on any atom is -0.464 e. The van der Waals surface area contributed by atoms with Crippen LogP contribution in [0.2, 0.25) is 0 Å². The molecule has 8 heteroatoms. The quantitative estimate of drug-likeness (QED) is 0.822. The van der Waals surface area contributed by atoms with Crippen LogP contribution in [-0.2, 0) is 19.6 Å². The van der Waals surface area contributed by atoms with Gasteiger partial charge in [0.15, 0.2) is 0 Å². The molecule has 0 saturated carbocycles. The fraction of sp³-hybridized carbons (Fsp3) is 0.533. The average molecular weight is 342 g/mol. The molecule has 1 N–H and O–H groups in total. The van der Waals surface area contributed by atoms with Crippen molar-refractivity contribution in [2.45, 2.75) is 36.2 Å². The molecule has 0 bridgehead atoms. The van der Waals surface area contributed by atoms with Crippen LogP contribution in [0.5, 0.6) is 0 Å². The summed E-state index contributed by atoms with van der Waals surface area (Å²) >= 11 is 0. The number of likely N-dealkylation sites (tertiary alicyclic amines) is 1. The number of halogens is 1. The maximum Gasteiger partial charge on any atom is 0.323 e. The molecule has 0 radical (unpaired) electrons. The van der Waals surface area contributed by atoms with Crippen LogP contribution < -0.4 is 4.72 Å². The number of carbonyl (C=O) groups is 1. The number of rotatable bonds is 4. The van der Waals surface area contributed by atoms with Gasteiger partial charge < -0.3 is 4.74 Å². The van der Waals surface area contributed by atoms with Gasteiger partial charge in [0.05, 0.1) is 11.5 Å². The number of hydrogen-bond donors (Lipinski definition) is 1. The zero-order valence-electron chi connectivity index (χ0n) is 12.6. The van der Waals surface area contributed by atoms with E-state index in [-0.39, 0.29) is 22.9 Å². The van der Waals surface area contributed by atoms with E-state index in [1.807, 2.05) is 0 Å². The average Bonchev–Trinajstić information content (AvgIpc) is 2.94. The van der Waals surface area contributed by atoms with Gasteiger partial charge in [-0.1, -0.05) is 0 Å². The summed E-state index contributed by atoms with van der Waals surface area (Å²) in [5.41, 5.74) is 0. The van der Waals surface area contributed by atoms with E-state index in [0.29, 0.717) is 39.0 Å². The monoisotopic (exact) mass is 342 g/mol. The molecule has 1 aromatic rings. The Morgan fingerprint density at radius 1 is 1.13 bits per heavy atom. The maximum atomic E-state index is 12.9. The molecule has 1 atom stereocenters. The summed E-state index contributed by atoms with van der Waals surface area (Å²) in [5.74, 6) is -0.656. The van der Waals surface area contributed by atoms with E-state index in [1.54, 1.807) is 0 Å². The Balaban J connectivity index is 1.58. The molecule has 0 amide bonds. The molecule has 2 fully saturated rings. The van der Waals surface area contributed by atoms with Crippen molar-refractivity contribution in [2.75, 3.05) is 19.7 Å². The third-order valence-electron chi connectivity index (χ3n) is 4.32. The van der Waals surface area contributed by atoms with Crippen LogP contribution in [-0.4, -0.2) is 51.1 Å². The van der Waals surface area contributed by atoms with Gasteiger partial charge in [-0.2, -0.15) is 0 Å². The molecular formula is C15H19FN2O4S. The second kappa shape index (κ2) is 6.54. The van der Waals surface area contributed by atoms with Crippen LogP contribution in [0.3, 0.4) is 0 Å². The smallest absolute Gasteiger partial charge is 0.323 e. The summed E-state index contributed by atoms with van der Waals surface area (Å²) in [7, 11) is -3.65. The van der Waals surface area contributed by atoms with Crippen LogP contribution in [0.15, 0.2) is 29.2 Å². The summed E-state index contributed by atoms with van der Waals surface area (Å²) in [6.45, 7) is 1.76. The standard InChI is InChI=1S/C15H19FN2O4S/c16-11-1-3-13(4-2-11)23(20,21)17-12-5-8-18(9-6-12)14-7-10-22-15(14)19/h1-4,12,14,17H,5-10H2/t14-/m1/s1. The molecule has 0 unspecified atom stereocenters. The van der Waals surface area contributed by atoms with Crippen molar-refractivity contribution in [3.63, 3.8) is 0 Å². The van der Waals surface area contributed by atoms with Crippen molar-refractivity contribution < 1.29 is 22.3 Å². The van der Waals surface area contributed by atoms with Crippen LogP contribution in [0.1, 0.15) is 19.3 Å². The lowest BCUT2D eigenvalue weighted by atomic mass is 10.0. The van der Waals surface area contributed by atoms with E-state index in [4.69, 9.17) is 4.74 Å². The molecule has 2 aliphatic heterocycles. The van der Waals surface area contributed by atoms with Crippen LogP contribution in [0, 0.1) is 5.82 Å². The van der Waals surface area contributed by atoms with Gasteiger partial charge in [-0.05, 0) is 37.1 Å². The van der Waals surface area contributed by atoms with Gasteiger partial charge in [-0.3, -0.25) is 9.69 Å². The Labute approximate surface area is 134 Å². The number of benzene rings is 1. The number of carbonyl (C=O) groups excluding carboxylic acids is 1. The van der Waals surface area contributed by atoms with E-state index in [2.05, 4.69) is 9.62 Å². The summed E-state index contributed by atoms with van der Waals surface area (Å²) in [4.78, 5) is 13.7. The fourth-order valence-electron chi connectivity index (χ4n) is 3.05. The Bertz CT molecular complexity index is 669. The van der Waals surface area contributed by atoms with Gasteiger partial charge >= 0.3 is 5.97 Å². The zero-order valence-corrected chi connectivity index (χ0v) is 13.4. The topological polar surface area (TPSA) is 75.7 Å². The Kier molecular flexibility index (Phi) is 4.65. The minimum absolute atomic E-state index is 0.0562. The number of sulfonamides is 1. The molecule has 23 heavy (non-hydrogen) atoms. The van der Waals surface area contributed by atoms with Crippen molar-refractivity contribution in [3.05, 3.63) is 30.1 Å². The number of hydrogen-bond acceptors (Lipinski definition) is 5. The van der Waals surface area contributed by atoms with E-state index < -0.39 is 15.8 Å². The Morgan fingerprint density at radius 2 is 1.78 bits per heavy atom. The van der Waals surface area contributed by atoms with E-state index in [9.17, 15) is 17.6 Å². The molecule has 0 aliphatic carbocycles. The van der Waals surface area contributed by atoms with Gasteiger partial charge in [0.1, 0.15) is 11.9 Å². The van der Waals surface area contributed by atoms with Gasteiger partial charge in [0, 0.05) is 25.6 Å². The molecule has 0 aromatic heterocycles. The third kappa shape index (κ3) is 3.70. The van der Waals surface area contributed by atoms with Crippen molar-refractivity contribution in [1.29, 1.82) is 0 Å². The first-order chi connectivity index (χ1) is 11.0. The second-order valence-electron chi connectivity index (χ2n) is 5.86. The SMILES string of the molecule is O=C1OCC[C@H]1N1CCC(NS(=O)(=O)c2ccc(F)cc2)CC1.